The minimum atomic E-state index is 0.948. The minimum absolute atomic E-state index is 0.948. The van der Waals surface area contributed by atoms with Gasteiger partial charge in [-0.25, -0.2) is 0 Å². The second kappa shape index (κ2) is 9.06. The molecule has 0 radical (unpaired) electrons. The molecule has 110 valence electrons. The van der Waals surface area contributed by atoms with Crippen LogP contribution in [0.2, 0.25) is 0 Å². The molecule has 0 atom stereocenters. The van der Waals surface area contributed by atoms with E-state index in [-0.39, 0.29) is 0 Å². The summed E-state index contributed by atoms with van der Waals surface area (Å²) in [6.07, 6.45) is 9.42. The molecule has 0 amide bonds. The number of rotatable bonds is 8. The van der Waals surface area contributed by atoms with Crippen molar-refractivity contribution in [2.24, 2.45) is 4.99 Å². The van der Waals surface area contributed by atoms with Gasteiger partial charge in [-0.05, 0) is 30.5 Å². The lowest BCUT2D eigenvalue weighted by atomic mass is 10.0. The van der Waals surface area contributed by atoms with E-state index in [0.717, 1.165) is 23.2 Å². The molecule has 0 spiro atoms. The first-order chi connectivity index (χ1) is 9.88. The van der Waals surface area contributed by atoms with E-state index in [1.165, 1.54) is 50.5 Å². The molecular weight excluding hydrogens is 264 g/mol. The number of unbranched alkanes of at least 4 members (excludes halogenated alkanes) is 5. The van der Waals surface area contributed by atoms with E-state index < -0.39 is 0 Å². The molecule has 1 aliphatic heterocycles. The van der Waals surface area contributed by atoms with Crippen LogP contribution in [0.5, 0.6) is 0 Å². The fourth-order valence-corrected chi connectivity index (χ4v) is 3.15. The number of hydrogen-bond donors (Lipinski definition) is 1. The molecule has 2 nitrogen and oxygen atoms in total. The van der Waals surface area contributed by atoms with Crippen LogP contribution in [0.3, 0.4) is 0 Å². The third kappa shape index (κ3) is 5.58. The van der Waals surface area contributed by atoms with E-state index >= 15 is 0 Å². The van der Waals surface area contributed by atoms with Crippen molar-refractivity contribution in [3.8, 4) is 0 Å². The Morgan fingerprint density at radius 1 is 1.05 bits per heavy atom. The molecule has 0 unspecified atom stereocenters. The first-order valence-electron chi connectivity index (χ1n) is 7.91. The Morgan fingerprint density at radius 3 is 2.50 bits per heavy atom. The van der Waals surface area contributed by atoms with Gasteiger partial charge in [0.25, 0.3) is 0 Å². The third-order valence-electron chi connectivity index (χ3n) is 3.61. The molecule has 1 heterocycles. The van der Waals surface area contributed by atoms with Crippen LogP contribution in [-0.2, 0) is 6.42 Å². The molecule has 0 fully saturated rings. The quantitative estimate of drug-likeness (QED) is 0.673. The molecule has 1 N–H and O–H groups in total. The molecule has 0 aliphatic carbocycles. The molecule has 0 aromatic heterocycles. The fraction of sp³-hybridized carbons (Fsp3) is 0.588. The maximum atomic E-state index is 4.41. The topological polar surface area (TPSA) is 24.4 Å². The van der Waals surface area contributed by atoms with Crippen molar-refractivity contribution in [3.05, 3.63) is 29.8 Å². The summed E-state index contributed by atoms with van der Waals surface area (Å²) in [7, 11) is 0. The number of hydrogen-bond acceptors (Lipinski definition) is 3. The summed E-state index contributed by atoms with van der Waals surface area (Å²) >= 11 is 1.80. The van der Waals surface area contributed by atoms with Crippen molar-refractivity contribution >= 4 is 22.6 Å². The molecule has 1 aliphatic rings. The van der Waals surface area contributed by atoms with Crippen LogP contribution < -0.4 is 5.32 Å². The lowest BCUT2D eigenvalue weighted by Crippen LogP contribution is -2.04. The van der Waals surface area contributed by atoms with Crippen molar-refractivity contribution in [1.29, 1.82) is 0 Å². The van der Waals surface area contributed by atoms with Crippen LogP contribution in [0, 0.1) is 0 Å². The van der Waals surface area contributed by atoms with E-state index in [4.69, 9.17) is 0 Å². The van der Waals surface area contributed by atoms with Crippen LogP contribution in [0.15, 0.2) is 29.3 Å². The number of aliphatic imine (C=N–C) groups is 1. The highest BCUT2D eigenvalue weighted by molar-refractivity contribution is 8.14. The number of nitrogens with one attached hydrogen (secondary N) is 1. The van der Waals surface area contributed by atoms with Gasteiger partial charge >= 0.3 is 0 Å². The van der Waals surface area contributed by atoms with Crippen molar-refractivity contribution < 1.29 is 0 Å². The zero-order valence-electron chi connectivity index (χ0n) is 12.5. The molecule has 3 heteroatoms. The highest BCUT2D eigenvalue weighted by atomic mass is 32.2. The first-order valence-corrected chi connectivity index (χ1v) is 8.90. The van der Waals surface area contributed by atoms with Crippen molar-refractivity contribution in [2.45, 2.75) is 51.9 Å². The number of anilines is 1. The monoisotopic (exact) mass is 290 g/mol. The van der Waals surface area contributed by atoms with Crippen LogP contribution in [-0.4, -0.2) is 17.5 Å². The predicted octanol–water partition coefficient (Wildman–Crippen LogP) is 5.10. The summed E-state index contributed by atoms with van der Waals surface area (Å²) in [5.74, 6) is 1.11. The zero-order valence-corrected chi connectivity index (χ0v) is 13.3. The Morgan fingerprint density at radius 2 is 1.80 bits per heavy atom. The number of nitrogens with zero attached hydrogens (tertiary/aromatic N) is 1. The zero-order chi connectivity index (χ0) is 14.0. The summed E-state index contributed by atoms with van der Waals surface area (Å²) in [6.45, 7) is 3.22. The SMILES string of the molecule is CCCCCCCCc1ccc(NC2=NCCS2)cc1. The Kier molecular flexibility index (Phi) is 6.99. The number of amidine groups is 1. The maximum absolute atomic E-state index is 4.41. The molecular formula is C17H26N2S. The summed E-state index contributed by atoms with van der Waals surface area (Å²) in [5, 5.41) is 4.44. The van der Waals surface area contributed by atoms with Gasteiger partial charge < -0.3 is 5.32 Å². The Hall–Kier alpha value is -0.960. The average molecular weight is 290 g/mol. The van der Waals surface area contributed by atoms with E-state index in [1.54, 1.807) is 11.8 Å². The molecule has 0 saturated carbocycles. The summed E-state index contributed by atoms with van der Waals surface area (Å²) in [6, 6.07) is 8.84. The van der Waals surface area contributed by atoms with E-state index in [1.807, 2.05) is 0 Å². The largest absolute Gasteiger partial charge is 0.335 e. The average Bonchev–Trinajstić information content (AvgIpc) is 2.97. The molecule has 2 rings (SSSR count). The Balaban J connectivity index is 1.66. The second-order valence-electron chi connectivity index (χ2n) is 5.38. The van der Waals surface area contributed by atoms with Crippen LogP contribution in [0.1, 0.15) is 51.0 Å². The van der Waals surface area contributed by atoms with E-state index in [0.29, 0.717) is 0 Å². The van der Waals surface area contributed by atoms with Crippen molar-refractivity contribution in [2.75, 3.05) is 17.6 Å². The smallest absolute Gasteiger partial charge is 0.161 e. The summed E-state index contributed by atoms with van der Waals surface area (Å²) in [4.78, 5) is 4.41. The van der Waals surface area contributed by atoms with Gasteiger partial charge in [0.15, 0.2) is 5.17 Å². The molecule has 0 bridgehead atoms. The maximum Gasteiger partial charge on any atom is 0.161 e. The highest BCUT2D eigenvalue weighted by Gasteiger charge is 2.06. The number of aryl methyl sites for hydroxylation is 1. The molecule has 1 aromatic rings. The standard InChI is InChI=1S/C17H26N2S/c1-2-3-4-5-6-7-8-15-9-11-16(12-10-15)19-17-18-13-14-20-17/h9-12H,2-8,13-14H2,1H3,(H,18,19). The third-order valence-corrected chi connectivity index (χ3v) is 4.50. The number of thioether (sulfide) groups is 1. The van der Waals surface area contributed by atoms with Gasteiger partial charge in [-0.1, -0.05) is 62.9 Å². The van der Waals surface area contributed by atoms with Gasteiger partial charge in [-0.2, -0.15) is 0 Å². The van der Waals surface area contributed by atoms with E-state index in [9.17, 15) is 0 Å². The fourth-order valence-electron chi connectivity index (χ4n) is 2.40. The van der Waals surface area contributed by atoms with Crippen molar-refractivity contribution in [3.63, 3.8) is 0 Å². The van der Waals surface area contributed by atoms with Gasteiger partial charge in [0, 0.05) is 11.4 Å². The normalized spacial score (nSPS) is 14.3. The summed E-state index contributed by atoms with van der Waals surface area (Å²) in [5.41, 5.74) is 2.61. The lowest BCUT2D eigenvalue weighted by Gasteiger charge is -2.06. The first kappa shape index (κ1) is 15.4. The van der Waals surface area contributed by atoms with E-state index in [2.05, 4.69) is 41.5 Å². The van der Waals surface area contributed by atoms with Crippen LogP contribution in [0.4, 0.5) is 5.69 Å². The highest BCUT2D eigenvalue weighted by Crippen LogP contribution is 2.17. The molecule has 1 aromatic carbocycles. The molecule has 20 heavy (non-hydrogen) atoms. The number of benzene rings is 1. The lowest BCUT2D eigenvalue weighted by molar-refractivity contribution is 0.607. The Labute approximate surface area is 127 Å². The molecule has 0 saturated heterocycles. The van der Waals surface area contributed by atoms with Crippen LogP contribution in [0.25, 0.3) is 0 Å². The second-order valence-corrected chi connectivity index (χ2v) is 6.46. The van der Waals surface area contributed by atoms with Gasteiger partial charge in [0.1, 0.15) is 0 Å². The van der Waals surface area contributed by atoms with Gasteiger partial charge in [-0.3, -0.25) is 4.99 Å². The van der Waals surface area contributed by atoms with Gasteiger partial charge in [0.05, 0.1) is 6.54 Å². The minimum Gasteiger partial charge on any atom is -0.335 e. The summed E-state index contributed by atoms with van der Waals surface area (Å²) < 4.78 is 0. The van der Waals surface area contributed by atoms with Gasteiger partial charge in [-0.15, -0.1) is 0 Å². The van der Waals surface area contributed by atoms with Gasteiger partial charge in [0.2, 0.25) is 0 Å². The van der Waals surface area contributed by atoms with Crippen molar-refractivity contribution in [1.82, 2.24) is 0 Å². The predicted molar refractivity (Wildman–Crippen MR) is 91.9 cm³/mol. The van der Waals surface area contributed by atoms with Crippen LogP contribution >= 0.6 is 11.8 Å². The Bertz CT molecular complexity index is 412.